The summed E-state index contributed by atoms with van der Waals surface area (Å²) in [6, 6.07) is 8.20. The van der Waals surface area contributed by atoms with Gasteiger partial charge in [-0.25, -0.2) is 4.68 Å². The number of carbonyl (C=O) groups is 1. The molecule has 0 bridgehead atoms. The molecule has 3 aliphatic rings. The highest BCUT2D eigenvalue weighted by Crippen LogP contribution is 2.59. The topological polar surface area (TPSA) is 51.0 Å². The first-order valence-electron chi connectivity index (χ1n) is 8.55. The third-order valence-corrected chi connectivity index (χ3v) is 5.93. The molecule has 1 aromatic heterocycles. The van der Waals surface area contributed by atoms with Crippen LogP contribution < -0.4 is 0 Å². The SMILES string of the molecule is O=C(c1ccccc1-n1ccnn1)N1CC2(CCC2)C1C1CC1. The summed E-state index contributed by atoms with van der Waals surface area (Å²) in [6.07, 6.45) is 9.96. The van der Waals surface area contributed by atoms with Crippen LogP contribution in [0.5, 0.6) is 0 Å². The van der Waals surface area contributed by atoms with Crippen LogP contribution in [0.25, 0.3) is 5.69 Å². The second-order valence-electron chi connectivity index (χ2n) is 7.30. The van der Waals surface area contributed by atoms with Crippen molar-refractivity contribution in [3.63, 3.8) is 0 Å². The maximum absolute atomic E-state index is 13.2. The first-order chi connectivity index (χ1) is 11.3. The van der Waals surface area contributed by atoms with Crippen molar-refractivity contribution in [1.29, 1.82) is 0 Å². The summed E-state index contributed by atoms with van der Waals surface area (Å²) in [5.41, 5.74) is 2.01. The molecule has 2 heterocycles. The molecule has 1 atom stereocenters. The Labute approximate surface area is 135 Å². The Kier molecular flexibility index (Phi) is 2.69. The van der Waals surface area contributed by atoms with E-state index in [1.54, 1.807) is 17.1 Å². The van der Waals surface area contributed by atoms with Crippen molar-refractivity contribution in [3.8, 4) is 5.69 Å². The third kappa shape index (κ3) is 1.89. The van der Waals surface area contributed by atoms with Gasteiger partial charge < -0.3 is 4.90 Å². The third-order valence-electron chi connectivity index (χ3n) is 5.93. The van der Waals surface area contributed by atoms with Crippen molar-refractivity contribution in [3.05, 3.63) is 42.2 Å². The molecule has 2 aliphatic carbocycles. The minimum Gasteiger partial charge on any atom is -0.334 e. The molecule has 1 aromatic carbocycles. The smallest absolute Gasteiger partial charge is 0.256 e. The average molecular weight is 308 g/mol. The molecule has 2 saturated carbocycles. The maximum atomic E-state index is 13.2. The molecular weight excluding hydrogens is 288 g/mol. The second-order valence-corrected chi connectivity index (χ2v) is 7.30. The molecule has 0 radical (unpaired) electrons. The lowest BCUT2D eigenvalue weighted by Gasteiger charge is -2.63. The quantitative estimate of drug-likeness (QED) is 0.876. The molecule has 1 spiro atoms. The van der Waals surface area contributed by atoms with Crippen LogP contribution in [0, 0.1) is 11.3 Å². The summed E-state index contributed by atoms with van der Waals surface area (Å²) >= 11 is 0. The van der Waals surface area contributed by atoms with E-state index in [9.17, 15) is 4.79 Å². The molecule has 5 nitrogen and oxygen atoms in total. The number of para-hydroxylation sites is 1. The van der Waals surface area contributed by atoms with Crippen molar-refractivity contribution in [2.45, 2.75) is 38.1 Å². The van der Waals surface area contributed by atoms with Crippen LogP contribution >= 0.6 is 0 Å². The Morgan fingerprint density at radius 3 is 2.70 bits per heavy atom. The van der Waals surface area contributed by atoms with Gasteiger partial charge in [-0.1, -0.05) is 23.8 Å². The first kappa shape index (κ1) is 13.3. The largest absolute Gasteiger partial charge is 0.334 e. The fraction of sp³-hybridized carbons (Fsp3) is 0.500. The van der Waals surface area contributed by atoms with Gasteiger partial charge in [0.05, 0.1) is 23.6 Å². The van der Waals surface area contributed by atoms with Gasteiger partial charge in [-0.15, -0.1) is 5.10 Å². The summed E-state index contributed by atoms with van der Waals surface area (Å²) < 4.78 is 1.68. The van der Waals surface area contributed by atoms with Crippen LogP contribution in [0.2, 0.25) is 0 Å². The molecule has 1 aliphatic heterocycles. The molecular formula is C18H20N4O. The first-order valence-corrected chi connectivity index (χ1v) is 8.55. The van der Waals surface area contributed by atoms with Crippen LogP contribution in [0.4, 0.5) is 0 Å². The van der Waals surface area contributed by atoms with Gasteiger partial charge in [0, 0.05) is 18.0 Å². The number of rotatable bonds is 3. The molecule has 5 heteroatoms. The Morgan fingerprint density at radius 2 is 2.04 bits per heavy atom. The van der Waals surface area contributed by atoms with Gasteiger partial charge in [0.1, 0.15) is 0 Å². The van der Waals surface area contributed by atoms with E-state index in [0.717, 1.165) is 23.7 Å². The van der Waals surface area contributed by atoms with Crippen LogP contribution in [0.1, 0.15) is 42.5 Å². The van der Waals surface area contributed by atoms with Gasteiger partial charge >= 0.3 is 0 Å². The zero-order valence-corrected chi connectivity index (χ0v) is 13.1. The lowest BCUT2D eigenvalue weighted by Crippen LogP contribution is -2.69. The van der Waals surface area contributed by atoms with E-state index in [1.807, 2.05) is 24.3 Å². The Hall–Kier alpha value is -2.17. The minimum atomic E-state index is 0.158. The van der Waals surface area contributed by atoms with Crippen LogP contribution in [0.3, 0.4) is 0 Å². The van der Waals surface area contributed by atoms with E-state index < -0.39 is 0 Å². The summed E-state index contributed by atoms with van der Waals surface area (Å²) in [5, 5.41) is 7.92. The Balaban J connectivity index is 1.48. The zero-order valence-electron chi connectivity index (χ0n) is 13.1. The maximum Gasteiger partial charge on any atom is 0.256 e. The van der Waals surface area contributed by atoms with Gasteiger partial charge in [0.25, 0.3) is 5.91 Å². The number of aromatic nitrogens is 3. The summed E-state index contributed by atoms with van der Waals surface area (Å²) in [6.45, 7) is 0.943. The number of nitrogens with zero attached hydrogens (tertiary/aromatic N) is 4. The molecule has 1 amide bonds. The normalized spacial score (nSPS) is 25.0. The molecule has 2 aromatic rings. The summed E-state index contributed by atoms with van der Waals surface area (Å²) in [5.74, 6) is 0.900. The van der Waals surface area contributed by atoms with Gasteiger partial charge in [-0.05, 0) is 43.7 Å². The Morgan fingerprint density at radius 1 is 1.22 bits per heavy atom. The number of carbonyl (C=O) groups excluding carboxylic acids is 1. The van der Waals surface area contributed by atoms with Crippen molar-refractivity contribution in [2.24, 2.45) is 11.3 Å². The number of amides is 1. The monoisotopic (exact) mass is 308 g/mol. The number of hydrogen-bond acceptors (Lipinski definition) is 3. The highest BCUT2D eigenvalue weighted by atomic mass is 16.2. The van der Waals surface area contributed by atoms with E-state index in [4.69, 9.17) is 0 Å². The van der Waals surface area contributed by atoms with Crippen molar-refractivity contribution in [2.75, 3.05) is 6.54 Å². The van der Waals surface area contributed by atoms with E-state index in [1.165, 1.54) is 32.1 Å². The van der Waals surface area contributed by atoms with Crippen molar-refractivity contribution in [1.82, 2.24) is 19.9 Å². The molecule has 1 saturated heterocycles. The lowest BCUT2D eigenvalue weighted by molar-refractivity contribution is -0.111. The molecule has 3 fully saturated rings. The minimum absolute atomic E-state index is 0.158. The molecule has 118 valence electrons. The van der Waals surface area contributed by atoms with Gasteiger partial charge in [-0.2, -0.15) is 0 Å². The van der Waals surface area contributed by atoms with E-state index in [2.05, 4.69) is 15.2 Å². The van der Waals surface area contributed by atoms with Crippen molar-refractivity contribution >= 4 is 5.91 Å². The van der Waals surface area contributed by atoms with Crippen LogP contribution in [0.15, 0.2) is 36.7 Å². The van der Waals surface area contributed by atoms with Crippen LogP contribution in [-0.2, 0) is 0 Å². The van der Waals surface area contributed by atoms with E-state index >= 15 is 0 Å². The molecule has 0 N–H and O–H groups in total. The number of benzene rings is 1. The van der Waals surface area contributed by atoms with Gasteiger partial charge in [-0.3, -0.25) is 4.79 Å². The Bertz CT molecular complexity index is 746. The molecule has 1 unspecified atom stereocenters. The lowest BCUT2D eigenvalue weighted by atomic mass is 9.56. The predicted octanol–water partition coefficient (Wildman–Crippen LogP) is 2.67. The van der Waals surface area contributed by atoms with E-state index in [-0.39, 0.29) is 5.91 Å². The van der Waals surface area contributed by atoms with Crippen LogP contribution in [-0.4, -0.2) is 38.4 Å². The van der Waals surface area contributed by atoms with E-state index in [0.29, 0.717) is 11.5 Å². The van der Waals surface area contributed by atoms with Gasteiger partial charge in [0.2, 0.25) is 0 Å². The molecule has 5 rings (SSSR count). The fourth-order valence-electron chi connectivity index (χ4n) is 4.54. The predicted molar refractivity (Wildman–Crippen MR) is 85.2 cm³/mol. The fourth-order valence-corrected chi connectivity index (χ4v) is 4.54. The highest BCUT2D eigenvalue weighted by Gasteiger charge is 2.61. The number of likely N-dealkylation sites (tertiary alicyclic amines) is 1. The molecule has 23 heavy (non-hydrogen) atoms. The number of hydrogen-bond donors (Lipinski definition) is 0. The zero-order chi connectivity index (χ0) is 15.4. The van der Waals surface area contributed by atoms with Gasteiger partial charge in [0.15, 0.2) is 0 Å². The summed E-state index contributed by atoms with van der Waals surface area (Å²) in [4.78, 5) is 15.3. The second kappa shape index (κ2) is 4.66. The van der Waals surface area contributed by atoms with Crippen molar-refractivity contribution < 1.29 is 4.79 Å². The average Bonchev–Trinajstić information content (AvgIpc) is 3.15. The summed E-state index contributed by atoms with van der Waals surface area (Å²) in [7, 11) is 0. The standard InChI is InChI=1S/C18H20N4O/c23-17(14-4-1-2-5-15(14)22-11-10-19-20-22)21-12-18(8-3-9-18)16(21)13-6-7-13/h1-2,4-5,10-11,13,16H,3,6-9,12H2. The highest BCUT2D eigenvalue weighted by molar-refractivity contribution is 5.98.